The molecule has 0 aliphatic carbocycles. The molecule has 0 fully saturated rings. The van der Waals surface area contributed by atoms with Crippen LogP contribution in [0.3, 0.4) is 0 Å². The molecule has 2 nitrogen and oxygen atoms in total. The van der Waals surface area contributed by atoms with E-state index in [-0.39, 0.29) is 10.8 Å². The zero-order valence-electron chi connectivity index (χ0n) is 12.3. The summed E-state index contributed by atoms with van der Waals surface area (Å²) in [4.78, 5) is 2.26. The number of hydrogen-bond acceptors (Lipinski definition) is 2. The molecule has 0 spiro atoms. The lowest BCUT2D eigenvalue weighted by atomic mass is 10.1. The number of halogens is 2. The van der Waals surface area contributed by atoms with Gasteiger partial charge in [0.25, 0.3) is 0 Å². The van der Waals surface area contributed by atoms with Crippen LogP contribution in [0.2, 0.25) is 5.02 Å². The maximum atomic E-state index is 13.5. The van der Waals surface area contributed by atoms with E-state index >= 15 is 0 Å². The Kier molecular flexibility index (Phi) is 5.21. The molecule has 0 aliphatic rings. The number of nitrogens with zero attached hydrogens (tertiary/aromatic N) is 1. The van der Waals surface area contributed by atoms with Crippen LogP contribution in [0.5, 0.6) is 0 Å². The highest BCUT2D eigenvalue weighted by Crippen LogP contribution is 2.19. The van der Waals surface area contributed by atoms with Gasteiger partial charge in [-0.05, 0) is 49.2 Å². The van der Waals surface area contributed by atoms with E-state index in [0.717, 1.165) is 23.4 Å². The quantitative estimate of drug-likeness (QED) is 0.826. The number of rotatable bonds is 5. The molecule has 0 bridgehead atoms. The molecule has 21 heavy (non-hydrogen) atoms. The third kappa shape index (κ3) is 4.45. The van der Waals surface area contributed by atoms with Gasteiger partial charge in [-0.2, -0.15) is 0 Å². The predicted molar refractivity (Wildman–Crippen MR) is 86.6 cm³/mol. The van der Waals surface area contributed by atoms with Crippen molar-refractivity contribution in [3.05, 3.63) is 64.4 Å². The summed E-state index contributed by atoms with van der Waals surface area (Å²) in [5.74, 6) is -0.373. The summed E-state index contributed by atoms with van der Waals surface area (Å²) in [6.07, 6.45) is 0. The Morgan fingerprint density at radius 2 is 1.76 bits per heavy atom. The van der Waals surface area contributed by atoms with Crippen LogP contribution >= 0.6 is 11.6 Å². The topological polar surface area (TPSA) is 29.3 Å². The molecule has 112 valence electrons. The summed E-state index contributed by atoms with van der Waals surface area (Å²) < 4.78 is 13.5. The molecule has 0 aromatic heterocycles. The van der Waals surface area contributed by atoms with E-state index in [0.29, 0.717) is 12.6 Å². The molecule has 0 unspecified atom stereocenters. The lowest BCUT2D eigenvalue weighted by Crippen LogP contribution is -2.29. The van der Waals surface area contributed by atoms with Crippen LogP contribution in [0, 0.1) is 5.82 Å². The van der Waals surface area contributed by atoms with Crippen LogP contribution in [0.15, 0.2) is 42.5 Å². The Balaban J connectivity index is 2.13. The first-order valence-corrected chi connectivity index (χ1v) is 7.36. The van der Waals surface area contributed by atoms with Crippen LogP contribution < -0.4 is 5.73 Å². The zero-order chi connectivity index (χ0) is 15.4. The molecule has 2 aromatic carbocycles. The standard InChI is InChI=1S/C17H20ClFN2/c1-12(2)21(10-13-4-3-5-15(20)8-13)11-14-6-7-16(18)17(19)9-14/h3-9,12H,10-11,20H2,1-2H3. The van der Waals surface area contributed by atoms with E-state index in [2.05, 4.69) is 18.7 Å². The summed E-state index contributed by atoms with van der Waals surface area (Å²) in [6.45, 7) is 5.69. The van der Waals surface area contributed by atoms with Gasteiger partial charge >= 0.3 is 0 Å². The molecule has 2 aromatic rings. The fraction of sp³-hybridized carbons (Fsp3) is 0.294. The fourth-order valence-electron chi connectivity index (χ4n) is 2.22. The molecule has 0 saturated heterocycles. The summed E-state index contributed by atoms with van der Waals surface area (Å²) in [7, 11) is 0. The van der Waals surface area contributed by atoms with Crippen molar-refractivity contribution in [1.82, 2.24) is 4.90 Å². The molecule has 0 heterocycles. The molecule has 0 atom stereocenters. The first kappa shape index (κ1) is 15.8. The first-order valence-electron chi connectivity index (χ1n) is 6.98. The third-order valence-corrected chi connectivity index (χ3v) is 3.74. The second kappa shape index (κ2) is 6.92. The minimum absolute atomic E-state index is 0.158. The van der Waals surface area contributed by atoms with Crippen molar-refractivity contribution in [1.29, 1.82) is 0 Å². The molecule has 0 amide bonds. The Labute approximate surface area is 130 Å². The van der Waals surface area contributed by atoms with Gasteiger partial charge in [0.2, 0.25) is 0 Å². The zero-order valence-corrected chi connectivity index (χ0v) is 13.1. The molecular formula is C17H20ClFN2. The normalized spacial score (nSPS) is 11.3. The van der Waals surface area contributed by atoms with Gasteiger partial charge in [0.15, 0.2) is 0 Å². The maximum absolute atomic E-state index is 13.5. The molecule has 4 heteroatoms. The Morgan fingerprint density at radius 1 is 1.10 bits per heavy atom. The highest BCUT2D eigenvalue weighted by atomic mass is 35.5. The van der Waals surface area contributed by atoms with Crippen molar-refractivity contribution in [2.75, 3.05) is 5.73 Å². The van der Waals surface area contributed by atoms with Gasteiger partial charge in [0, 0.05) is 24.8 Å². The van der Waals surface area contributed by atoms with E-state index in [4.69, 9.17) is 17.3 Å². The van der Waals surface area contributed by atoms with Crippen molar-refractivity contribution < 1.29 is 4.39 Å². The summed E-state index contributed by atoms with van der Waals surface area (Å²) >= 11 is 5.72. The lowest BCUT2D eigenvalue weighted by molar-refractivity contribution is 0.203. The molecule has 0 saturated carbocycles. The van der Waals surface area contributed by atoms with E-state index < -0.39 is 0 Å². The smallest absolute Gasteiger partial charge is 0.142 e. The number of nitrogens with two attached hydrogens (primary N) is 1. The predicted octanol–water partition coefficient (Wildman–Crippen LogP) is 4.47. The van der Waals surface area contributed by atoms with Crippen molar-refractivity contribution >= 4 is 17.3 Å². The largest absolute Gasteiger partial charge is 0.399 e. The second-order valence-electron chi connectivity index (χ2n) is 5.49. The van der Waals surface area contributed by atoms with Crippen LogP contribution in [-0.4, -0.2) is 10.9 Å². The molecule has 0 aliphatic heterocycles. The van der Waals surface area contributed by atoms with Gasteiger partial charge in [0.1, 0.15) is 5.82 Å². The average molecular weight is 307 g/mol. The number of nitrogen functional groups attached to an aromatic ring is 1. The Hall–Kier alpha value is -1.58. The van der Waals surface area contributed by atoms with E-state index in [1.54, 1.807) is 6.07 Å². The van der Waals surface area contributed by atoms with Gasteiger partial charge in [-0.15, -0.1) is 0 Å². The highest BCUT2D eigenvalue weighted by molar-refractivity contribution is 6.30. The van der Waals surface area contributed by atoms with E-state index in [1.807, 2.05) is 30.3 Å². The minimum atomic E-state index is -0.373. The molecule has 0 radical (unpaired) electrons. The molecule has 2 N–H and O–H groups in total. The maximum Gasteiger partial charge on any atom is 0.142 e. The van der Waals surface area contributed by atoms with Crippen LogP contribution in [-0.2, 0) is 13.1 Å². The highest BCUT2D eigenvalue weighted by Gasteiger charge is 2.12. The molecular weight excluding hydrogens is 287 g/mol. The summed E-state index contributed by atoms with van der Waals surface area (Å²) in [5.41, 5.74) is 8.64. The summed E-state index contributed by atoms with van der Waals surface area (Å²) in [6, 6.07) is 13.1. The van der Waals surface area contributed by atoms with Crippen molar-refractivity contribution in [3.63, 3.8) is 0 Å². The van der Waals surface area contributed by atoms with Gasteiger partial charge < -0.3 is 5.73 Å². The Morgan fingerprint density at radius 3 is 2.33 bits per heavy atom. The van der Waals surface area contributed by atoms with Gasteiger partial charge in [-0.25, -0.2) is 4.39 Å². The Bertz CT molecular complexity index is 613. The fourth-order valence-corrected chi connectivity index (χ4v) is 2.34. The SMILES string of the molecule is CC(C)N(Cc1cccc(N)c1)Cc1ccc(Cl)c(F)c1. The van der Waals surface area contributed by atoms with Crippen molar-refractivity contribution in [2.45, 2.75) is 33.0 Å². The minimum Gasteiger partial charge on any atom is -0.399 e. The third-order valence-electron chi connectivity index (χ3n) is 3.44. The van der Waals surface area contributed by atoms with Crippen LogP contribution in [0.4, 0.5) is 10.1 Å². The van der Waals surface area contributed by atoms with Crippen LogP contribution in [0.25, 0.3) is 0 Å². The molecule has 2 rings (SSSR count). The summed E-state index contributed by atoms with van der Waals surface area (Å²) in [5, 5.41) is 0.158. The van der Waals surface area contributed by atoms with Crippen LogP contribution in [0.1, 0.15) is 25.0 Å². The van der Waals surface area contributed by atoms with E-state index in [9.17, 15) is 4.39 Å². The van der Waals surface area contributed by atoms with Gasteiger partial charge in [-0.1, -0.05) is 29.8 Å². The first-order chi connectivity index (χ1) is 9.95. The number of anilines is 1. The van der Waals surface area contributed by atoms with E-state index in [1.165, 1.54) is 6.07 Å². The van der Waals surface area contributed by atoms with Gasteiger partial charge in [-0.3, -0.25) is 4.90 Å². The monoisotopic (exact) mass is 306 g/mol. The average Bonchev–Trinajstić information content (AvgIpc) is 2.42. The number of hydrogen-bond donors (Lipinski definition) is 1. The lowest BCUT2D eigenvalue weighted by Gasteiger charge is -2.27. The van der Waals surface area contributed by atoms with Crippen molar-refractivity contribution in [2.24, 2.45) is 0 Å². The van der Waals surface area contributed by atoms with Crippen molar-refractivity contribution in [3.8, 4) is 0 Å². The second-order valence-corrected chi connectivity index (χ2v) is 5.90. The number of benzene rings is 2. The van der Waals surface area contributed by atoms with Gasteiger partial charge in [0.05, 0.1) is 5.02 Å².